The van der Waals surface area contributed by atoms with Gasteiger partial charge >= 0.3 is 7.60 Å². The van der Waals surface area contributed by atoms with Crippen molar-refractivity contribution in [1.29, 1.82) is 0 Å². The van der Waals surface area contributed by atoms with Crippen molar-refractivity contribution in [3.63, 3.8) is 0 Å². The predicted octanol–water partition coefficient (Wildman–Crippen LogP) is 2.49. The van der Waals surface area contributed by atoms with Crippen molar-refractivity contribution in [2.75, 3.05) is 25.5 Å². The lowest BCUT2D eigenvalue weighted by Gasteiger charge is -2.12. The number of benzene rings is 1. The number of Topliss-reactive ketones (excluding diaryl/α,β-unsaturated/α-hetero) is 1. The molecule has 0 amide bonds. The minimum Gasteiger partial charge on any atom is -0.369 e. The fourth-order valence-corrected chi connectivity index (χ4v) is 2.57. The maximum absolute atomic E-state index is 11.8. The highest BCUT2D eigenvalue weighted by Crippen LogP contribution is 2.46. The van der Waals surface area contributed by atoms with Crippen LogP contribution in [0, 0.1) is 0 Å². The molecule has 1 rings (SSSR count). The van der Waals surface area contributed by atoms with Gasteiger partial charge in [-0.15, -0.1) is 0 Å². The number of ketones is 1. The van der Waals surface area contributed by atoms with E-state index in [-0.39, 0.29) is 18.4 Å². The van der Waals surface area contributed by atoms with E-state index in [2.05, 4.69) is 14.5 Å². The molecule has 0 aliphatic carbocycles. The zero-order chi connectivity index (χ0) is 13.6. The van der Waals surface area contributed by atoms with E-state index in [1.807, 2.05) is 24.3 Å². The third-order valence-corrected chi connectivity index (χ3v) is 4.63. The van der Waals surface area contributed by atoms with Gasteiger partial charge in [-0.1, -0.05) is 12.1 Å². The van der Waals surface area contributed by atoms with Crippen molar-refractivity contribution in [3.05, 3.63) is 29.8 Å². The number of rotatable bonds is 7. The Morgan fingerprint density at radius 3 is 2.28 bits per heavy atom. The Morgan fingerprint density at radius 2 is 1.83 bits per heavy atom. The average molecular weight is 289 g/mol. The molecule has 100 valence electrons. The Hall–Kier alpha value is -0.730. The first-order valence-electron chi connectivity index (χ1n) is 5.31. The molecule has 0 saturated carbocycles. The van der Waals surface area contributed by atoms with Gasteiger partial charge in [-0.3, -0.25) is 9.36 Å². The van der Waals surface area contributed by atoms with E-state index in [1.54, 1.807) is 0 Å². The van der Waals surface area contributed by atoms with Gasteiger partial charge in [0.2, 0.25) is 0 Å². The highest BCUT2D eigenvalue weighted by Gasteiger charge is 2.25. The van der Waals surface area contributed by atoms with E-state index < -0.39 is 7.60 Å². The molecule has 0 aliphatic rings. The van der Waals surface area contributed by atoms with Crippen LogP contribution in [-0.4, -0.2) is 26.2 Å². The van der Waals surface area contributed by atoms with Crippen LogP contribution in [-0.2, 0) is 24.8 Å². The van der Waals surface area contributed by atoms with Gasteiger partial charge in [0.1, 0.15) is 11.9 Å². The summed E-state index contributed by atoms with van der Waals surface area (Å²) in [7, 11) is 1.69. The van der Waals surface area contributed by atoms with Crippen LogP contribution in [0.2, 0.25) is 0 Å². The third-order valence-electron chi connectivity index (χ3n) is 2.45. The molecule has 1 N–H and O–H groups in total. The lowest BCUT2D eigenvalue weighted by molar-refractivity contribution is -0.116. The molecular formula is C11H17NO4P2. The van der Waals surface area contributed by atoms with Gasteiger partial charge in [-0.05, 0) is 27.1 Å². The van der Waals surface area contributed by atoms with E-state index in [0.29, 0.717) is 0 Å². The maximum Gasteiger partial charge on any atom is 0.337 e. The minimum absolute atomic E-state index is 0.173. The normalized spacial score (nSPS) is 11.3. The summed E-state index contributed by atoms with van der Waals surface area (Å²) in [5, 5.41) is 2.91. The van der Waals surface area contributed by atoms with Crippen molar-refractivity contribution < 1.29 is 18.4 Å². The molecule has 0 fully saturated rings. The lowest BCUT2D eigenvalue weighted by Crippen LogP contribution is -2.10. The average Bonchev–Trinajstić information content (AvgIpc) is 2.39. The van der Waals surface area contributed by atoms with Gasteiger partial charge in [0.25, 0.3) is 0 Å². The quantitative estimate of drug-likeness (QED) is 0.781. The second-order valence-electron chi connectivity index (χ2n) is 3.69. The van der Waals surface area contributed by atoms with Crippen molar-refractivity contribution in [1.82, 2.24) is 0 Å². The number of carbonyl (C=O) groups excluding carboxylic acids is 1. The number of nitrogens with one attached hydrogen (secondary N) is 1. The third kappa shape index (κ3) is 4.51. The summed E-state index contributed by atoms with van der Waals surface area (Å²) in [5.41, 5.74) is 1.80. The highest BCUT2D eigenvalue weighted by molar-refractivity contribution is 7.54. The number of hydrogen-bond donors (Lipinski definition) is 1. The summed E-state index contributed by atoms with van der Waals surface area (Å²) in [6, 6.07) is 7.41. The smallest absolute Gasteiger partial charge is 0.337 e. The van der Waals surface area contributed by atoms with E-state index in [0.717, 1.165) is 11.3 Å². The SMILES string of the molecule is COP(=O)(CC(=O)Cc1ccc(NP)cc1)OC. The standard InChI is InChI=1S/C11H17NO4P2/c1-15-18(14,16-2)8-11(13)7-9-3-5-10(12-17)6-4-9/h3-6,12H,7-8,17H2,1-2H3. The Balaban J connectivity index is 2.61. The van der Waals surface area contributed by atoms with Gasteiger partial charge < -0.3 is 14.1 Å². The molecule has 7 heteroatoms. The topological polar surface area (TPSA) is 64.6 Å². The fraction of sp³-hybridized carbons (Fsp3) is 0.364. The van der Waals surface area contributed by atoms with Crippen LogP contribution in [0.25, 0.3) is 0 Å². The molecule has 1 unspecified atom stereocenters. The zero-order valence-corrected chi connectivity index (χ0v) is 12.4. The molecule has 0 saturated heterocycles. The monoisotopic (exact) mass is 289 g/mol. The number of hydrogen-bond acceptors (Lipinski definition) is 5. The van der Waals surface area contributed by atoms with Crippen molar-refractivity contribution >= 4 is 28.5 Å². The van der Waals surface area contributed by atoms with Gasteiger partial charge in [-0.25, -0.2) is 0 Å². The van der Waals surface area contributed by atoms with Crippen LogP contribution >= 0.6 is 17.0 Å². The van der Waals surface area contributed by atoms with Crippen LogP contribution in [0.15, 0.2) is 24.3 Å². The van der Waals surface area contributed by atoms with Crippen LogP contribution < -0.4 is 5.09 Å². The summed E-state index contributed by atoms with van der Waals surface area (Å²) in [6.45, 7) is 0. The van der Waals surface area contributed by atoms with Crippen molar-refractivity contribution in [2.45, 2.75) is 6.42 Å². The second kappa shape index (κ2) is 7.01. The first kappa shape index (κ1) is 15.3. The molecule has 1 aromatic rings. The van der Waals surface area contributed by atoms with Crippen LogP contribution in [0.5, 0.6) is 0 Å². The maximum atomic E-state index is 11.8. The summed E-state index contributed by atoms with van der Waals surface area (Å²) >= 11 is 0. The van der Waals surface area contributed by atoms with Crippen LogP contribution in [0.1, 0.15) is 5.56 Å². The molecule has 1 aromatic carbocycles. The van der Waals surface area contributed by atoms with Gasteiger partial charge in [0.15, 0.2) is 0 Å². The molecule has 0 aromatic heterocycles. The van der Waals surface area contributed by atoms with E-state index in [4.69, 9.17) is 9.05 Å². The van der Waals surface area contributed by atoms with Crippen LogP contribution in [0.4, 0.5) is 5.69 Å². The lowest BCUT2D eigenvalue weighted by atomic mass is 10.1. The molecule has 0 radical (unpaired) electrons. The molecule has 1 atom stereocenters. The number of carbonyl (C=O) groups is 1. The highest BCUT2D eigenvalue weighted by atomic mass is 31.2. The first-order valence-corrected chi connectivity index (χ1v) is 7.61. The molecule has 0 bridgehead atoms. The fourth-order valence-electron chi connectivity index (χ4n) is 1.42. The van der Waals surface area contributed by atoms with E-state index >= 15 is 0 Å². The van der Waals surface area contributed by atoms with Crippen molar-refractivity contribution in [3.8, 4) is 0 Å². The summed E-state index contributed by atoms with van der Waals surface area (Å²) in [5.74, 6) is -0.173. The van der Waals surface area contributed by atoms with Crippen LogP contribution in [0.3, 0.4) is 0 Å². The molecule has 0 heterocycles. The predicted molar refractivity (Wildman–Crippen MR) is 75.0 cm³/mol. The van der Waals surface area contributed by atoms with Crippen molar-refractivity contribution in [2.24, 2.45) is 0 Å². The van der Waals surface area contributed by atoms with E-state index in [9.17, 15) is 9.36 Å². The van der Waals surface area contributed by atoms with Gasteiger partial charge in [0.05, 0.1) is 0 Å². The molecule has 0 aliphatic heterocycles. The zero-order valence-electron chi connectivity index (χ0n) is 10.4. The first-order chi connectivity index (χ1) is 8.53. The summed E-state index contributed by atoms with van der Waals surface area (Å²) < 4.78 is 21.2. The second-order valence-corrected chi connectivity index (χ2v) is 6.25. The Bertz CT molecular complexity index is 439. The Kier molecular flexibility index (Phi) is 5.97. The summed E-state index contributed by atoms with van der Waals surface area (Å²) in [6.07, 6.45) is 0.0114. The summed E-state index contributed by atoms with van der Waals surface area (Å²) in [4.78, 5) is 11.7. The van der Waals surface area contributed by atoms with Gasteiger partial charge in [0, 0.05) is 26.3 Å². The Morgan fingerprint density at radius 1 is 1.28 bits per heavy atom. The minimum atomic E-state index is -3.25. The molecule has 0 spiro atoms. The molecule has 18 heavy (non-hydrogen) atoms. The van der Waals surface area contributed by atoms with E-state index in [1.165, 1.54) is 14.2 Å². The number of anilines is 1. The molecule has 5 nitrogen and oxygen atoms in total. The Labute approximate surface area is 109 Å². The largest absolute Gasteiger partial charge is 0.369 e. The molecular weight excluding hydrogens is 272 g/mol. The van der Waals surface area contributed by atoms with Gasteiger partial charge in [-0.2, -0.15) is 0 Å².